The summed E-state index contributed by atoms with van der Waals surface area (Å²) in [6.07, 6.45) is 3.28. The maximum Gasteiger partial charge on any atom is 0.264 e. The molecule has 0 amide bonds. The molecule has 0 saturated carbocycles. The Bertz CT molecular complexity index is 1130. The van der Waals surface area contributed by atoms with Crippen molar-refractivity contribution in [1.82, 2.24) is 20.6 Å². The highest BCUT2D eigenvalue weighted by molar-refractivity contribution is 7.92. The summed E-state index contributed by atoms with van der Waals surface area (Å²) >= 11 is 0. The summed E-state index contributed by atoms with van der Waals surface area (Å²) in [6.45, 7) is 3.06. The highest BCUT2D eigenvalue weighted by atomic mass is 32.2. The average molecular weight is 458 g/mol. The van der Waals surface area contributed by atoms with Gasteiger partial charge < -0.3 is 9.47 Å². The molecule has 3 aromatic rings. The van der Waals surface area contributed by atoms with Gasteiger partial charge in [-0.15, -0.1) is 10.2 Å². The number of anilines is 1. The summed E-state index contributed by atoms with van der Waals surface area (Å²) in [6, 6.07) is 12.1. The minimum absolute atomic E-state index is 0.00924. The second-order valence-corrected chi connectivity index (χ2v) is 9.56. The molecule has 10 heteroatoms. The van der Waals surface area contributed by atoms with Crippen molar-refractivity contribution in [1.29, 1.82) is 0 Å². The van der Waals surface area contributed by atoms with E-state index in [1.165, 1.54) is 4.31 Å². The lowest BCUT2D eigenvalue weighted by Crippen LogP contribution is -2.30. The number of ether oxygens (including phenoxy) is 2. The highest BCUT2D eigenvalue weighted by Gasteiger charge is 2.36. The molecule has 0 saturated heterocycles. The fourth-order valence-electron chi connectivity index (χ4n) is 3.85. The molecule has 9 nitrogen and oxygen atoms in total. The van der Waals surface area contributed by atoms with E-state index in [2.05, 4.69) is 27.5 Å². The summed E-state index contributed by atoms with van der Waals surface area (Å²) < 4.78 is 39.6. The predicted octanol–water partition coefficient (Wildman–Crippen LogP) is 3.31. The largest absolute Gasteiger partial charge is 0.497 e. The van der Waals surface area contributed by atoms with Crippen molar-refractivity contribution < 1.29 is 17.9 Å². The van der Waals surface area contributed by atoms with E-state index >= 15 is 0 Å². The van der Waals surface area contributed by atoms with E-state index in [0.29, 0.717) is 49.0 Å². The third-order valence-electron chi connectivity index (χ3n) is 5.61. The molecule has 170 valence electrons. The van der Waals surface area contributed by atoms with Crippen LogP contribution in [0.3, 0.4) is 0 Å². The number of methoxy groups -OCH3 is 1. The third kappa shape index (κ3) is 4.55. The first-order valence-corrected chi connectivity index (χ1v) is 12.1. The normalized spacial score (nSPS) is 15.6. The van der Waals surface area contributed by atoms with Crippen molar-refractivity contribution in [2.24, 2.45) is 0 Å². The molecule has 0 spiro atoms. The van der Waals surface area contributed by atoms with Gasteiger partial charge in [0.2, 0.25) is 0 Å². The molecule has 1 aromatic heterocycles. The molecule has 0 aliphatic carbocycles. The maximum atomic E-state index is 13.5. The molecule has 1 unspecified atom stereocenters. The Morgan fingerprint density at radius 1 is 1.16 bits per heavy atom. The van der Waals surface area contributed by atoms with Crippen LogP contribution < -0.4 is 13.8 Å². The zero-order valence-corrected chi connectivity index (χ0v) is 19.0. The van der Waals surface area contributed by atoms with Crippen molar-refractivity contribution in [3.8, 4) is 11.5 Å². The Morgan fingerprint density at radius 3 is 2.62 bits per heavy atom. The summed E-state index contributed by atoms with van der Waals surface area (Å²) in [7, 11) is -2.13. The number of hydrogen-bond donors (Lipinski definition) is 1. The first kappa shape index (κ1) is 22.1. The molecule has 2 heterocycles. The van der Waals surface area contributed by atoms with Crippen LogP contribution in [0.5, 0.6) is 11.5 Å². The van der Waals surface area contributed by atoms with E-state index in [4.69, 9.17) is 9.47 Å². The monoisotopic (exact) mass is 457 g/mol. The van der Waals surface area contributed by atoms with E-state index in [1.54, 1.807) is 37.4 Å². The number of nitrogens with one attached hydrogen (secondary N) is 1. The molecule has 0 bridgehead atoms. The van der Waals surface area contributed by atoms with Crippen molar-refractivity contribution in [2.45, 2.75) is 43.4 Å². The number of tetrazole rings is 1. The lowest BCUT2D eigenvalue weighted by molar-refractivity contribution is 0.309. The van der Waals surface area contributed by atoms with Crippen molar-refractivity contribution in [3.63, 3.8) is 0 Å². The second-order valence-electron chi connectivity index (χ2n) is 7.70. The molecule has 2 aromatic carbocycles. The Kier molecular flexibility index (Phi) is 6.59. The Balaban J connectivity index is 1.58. The smallest absolute Gasteiger partial charge is 0.264 e. The number of rotatable bonds is 10. The summed E-state index contributed by atoms with van der Waals surface area (Å²) in [5.74, 6) is 1.96. The van der Waals surface area contributed by atoms with Gasteiger partial charge >= 0.3 is 0 Å². The van der Waals surface area contributed by atoms with Crippen LogP contribution in [0.25, 0.3) is 0 Å². The Labute approximate surface area is 187 Å². The quantitative estimate of drug-likeness (QED) is 0.465. The van der Waals surface area contributed by atoms with Crippen LogP contribution in [0.4, 0.5) is 5.69 Å². The van der Waals surface area contributed by atoms with Crippen LogP contribution in [0.1, 0.15) is 43.5 Å². The molecule has 1 atom stereocenters. The lowest BCUT2D eigenvalue weighted by atomic mass is 9.96. The summed E-state index contributed by atoms with van der Waals surface area (Å²) in [5.41, 5.74) is 1.61. The number of fused-ring (bicyclic) bond motifs is 1. The molecule has 0 radical (unpaired) electrons. The minimum Gasteiger partial charge on any atom is -0.497 e. The van der Waals surface area contributed by atoms with Crippen molar-refractivity contribution >= 4 is 15.7 Å². The standard InChI is InChI=1S/C22H27N5O4S/c1-3-4-13-31-17-6-9-19(10-7-17)32(28,29)27-15-16(5-12-22-23-25-26-24-22)20-14-18(30-2)8-11-21(20)27/h6-11,14,16H,3-5,12-13,15H2,1-2H3,(H,23,24,25,26). The van der Waals surface area contributed by atoms with Crippen molar-refractivity contribution in [3.05, 3.63) is 53.9 Å². The van der Waals surface area contributed by atoms with Crippen LogP contribution in [0.2, 0.25) is 0 Å². The van der Waals surface area contributed by atoms with Gasteiger partial charge in [0.15, 0.2) is 5.82 Å². The van der Waals surface area contributed by atoms with Gasteiger partial charge in [0.05, 0.1) is 24.3 Å². The molecule has 4 rings (SSSR count). The zero-order chi connectivity index (χ0) is 22.6. The van der Waals surface area contributed by atoms with E-state index in [-0.39, 0.29) is 10.8 Å². The molecule has 1 aliphatic rings. The van der Waals surface area contributed by atoms with Gasteiger partial charge in [0.25, 0.3) is 10.0 Å². The number of unbranched alkanes of at least 4 members (excludes halogenated alkanes) is 1. The zero-order valence-electron chi connectivity index (χ0n) is 18.2. The number of sulfonamides is 1. The number of hydrogen-bond acceptors (Lipinski definition) is 7. The average Bonchev–Trinajstić information content (AvgIpc) is 3.46. The molecular weight excluding hydrogens is 430 g/mol. The highest BCUT2D eigenvalue weighted by Crippen LogP contribution is 2.43. The van der Waals surface area contributed by atoms with Crippen LogP contribution in [-0.2, 0) is 16.4 Å². The number of nitrogens with zero attached hydrogens (tertiary/aromatic N) is 4. The molecule has 32 heavy (non-hydrogen) atoms. The number of H-pyrrole nitrogens is 1. The summed E-state index contributed by atoms with van der Waals surface area (Å²) in [5, 5.41) is 14.0. The first-order valence-electron chi connectivity index (χ1n) is 10.7. The minimum atomic E-state index is -3.73. The predicted molar refractivity (Wildman–Crippen MR) is 120 cm³/mol. The number of benzene rings is 2. The van der Waals surface area contributed by atoms with E-state index in [9.17, 15) is 8.42 Å². The van der Waals surface area contributed by atoms with Gasteiger partial charge in [-0.2, -0.15) is 5.21 Å². The van der Waals surface area contributed by atoms with E-state index < -0.39 is 10.0 Å². The topological polar surface area (TPSA) is 110 Å². The van der Waals surface area contributed by atoms with Crippen LogP contribution in [0.15, 0.2) is 47.4 Å². The van der Waals surface area contributed by atoms with Gasteiger partial charge in [0.1, 0.15) is 11.5 Å². The number of aromatic amines is 1. The van der Waals surface area contributed by atoms with Crippen molar-refractivity contribution in [2.75, 3.05) is 24.6 Å². The van der Waals surface area contributed by atoms with Gasteiger partial charge in [-0.25, -0.2) is 8.42 Å². The summed E-state index contributed by atoms with van der Waals surface area (Å²) in [4.78, 5) is 0.237. The fraction of sp³-hybridized carbons (Fsp3) is 0.409. The Hall–Kier alpha value is -3.14. The van der Waals surface area contributed by atoms with Gasteiger partial charge in [-0.1, -0.05) is 18.6 Å². The van der Waals surface area contributed by atoms with Gasteiger partial charge in [-0.05, 0) is 60.9 Å². The fourth-order valence-corrected chi connectivity index (χ4v) is 5.38. The Morgan fingerprint density at radius 2 is 1.94 bits per heavy atom. The van der Waals surface area contributed by atoms with Crippen LogP contribution >= 0.6 is 0 Å². The first-order chi connectivity index (χ1) is 15.5. The molecule has 0 fully saturated rings. The van der Waals surface area contributed by atoms with E-state index in [1.807, 2.05) is 12.1 Å². The van der Waals surface area contributed by atoms with E-state index in [0.717, 1.165) is 18.4 Å². The number of aromatic nitrogens is 4. The lowest BCUT2D eigenvalue weighted by Gasteiger charge is -2.20. The molecular formula is C22H27N5O4S. The number of aryl methyl sites for hydroxylation is 1. The third-order valence-corrected chi connectivity index (χ3v) is 7.41. The van der Waals surface area contributed by atoms with Crippen LogP contribution in [-0.4, -0.2) is 49.3 Å². The van der Waals surface area contributed by atoms with Crippen LogP contribution in [0, 0.1) is 0 Å². The SMILES string of the molecule is CCCCOc1ccc(S(=O)(=O)N2CC(CCc3nn[nH]n3)c3cc(OC)ccc32)cc1. The maximum absolute atomic E-state index is 13.5. The van der Waals surface area contributed by atoms with Gasteiger partial charge in [0, 0.05) is 18.9 Å². The van der Waals surface area contributed by atoms with Gasteiger partial charge in [-0.3, -0.25) is 4.31 Å². The molecule has 1 aliphatic heterocycles. The molecule has 1 N–H and O–H groups in total. The second kappa shape index (κ2) is 9.56.